The zero-order valence-corrected chi connectivity index (χ0v) is 9.80. The fourth-order valence-electron chi connectivity index (χ4n) is 2.38. The maximum Gasteiger partial charge on any atom is 0.0216 e. The third-order valence-corrected chi connectivity index (χ3v) is 4.19. The van der Waals surface area contributed by atoms with E-state index in [9.17, 15) is 0 Å². The van der Waals surface area contributed by atoms with E-state index in [0.717, 1.165) is 18.6 Å². The largest absolute Gasteiger partial charge is 0.309 e. The Labute approximate surface area is 95.3 Å². The highest BCUT2D eigenvalue weighted by Crippen LogP contribution is 2.29. The number of rotatable bonds is 4. The van der Waals surface area contributed by atoms with Gasteiger partial charge in [0.1, 0.15) is 0 Å². The molecule has 2 heterocycles. The summed E-state index contributed by atoms with van der Waals surface area (Å²) >= 11 is 1.79. The van der Waals surface area contributed by atoms with E-state index < -0.39 is 0 Å². The Bertz CT molecular complexity index is 305. The summed E-state index contributed by atoms with van der Waals surface area (Å²) < 4.78 is 0. The number of likely N-dealkylation sites (tertiary alicyclic amines) is 1. The first-order valence-corrected chi connectivity index (χ1v) is 6.84. The Balaban J connectivity index is 1.44. The van der Waals surface area contributed by atoms with Crippen LogP contribution in [0.5, 0.6) is 0 Å². The third kappa shape index (κ3) is 2.41. The summed E-state index contributed by atoms with van der Waals surface area (Å²) in [7, 11) is 0. The van der Waals surface area contributed by atoms with Crippen LogP contribution in [-0.4, -0.2) is 30.1 Å². The Kier molecular flexibility index (Phi) is 2.77. The second-order valence-electron chi connectivity index (χ2n) is 4.72. The quantitative estimate of drug-likeness (QED) is 0.839. The van der Waals surface area contributed by atoms with E-state index in [1.807, 2.05) is 0 Å². The molecule has 1 aromatic rings. The molecule has 0 radical (unpaired) electrons. The van der Waals surface area contributed by atoms with Crippen LogP contribution in [0.4, 0.5) is 0 Å². The van der Waals surface area contributed by atoms with Crippen molar-refractivity contribution in [3.63, 3.8) is 0 Å². The number of hydrogen-bond donors (Lipinski definition) is 1. The average Bonchev–Trinajstić information content (AvgIpc) is 2.82. The van der Waals surface area contributed by atoms with E-state index >= 15 is 0 Å². The fourth-order valence-corrected chi connectivity index (χ4v) is 3.05. The highest BCUT2D eigenvalue weighted by atomic mass is 32.1. The van der Waals surface area contributed by atoms with Crippen LogP contribution in [0.3, 0.4) is 0 Å². The lowest BCUT2D eigenvalue weighted by molar-refractivity contribution is 0.317. The number of nitrogens with one attached hydrogen (secondary N) is 1. The van der Waals surface area contributed by atoms with Gasteiger partial charge >= 0.3 is 0 Å². The SMILES string of the molecule is c1cc(CNC2CCN(C3CC3)C2)cs1. The van der Waals surface area contributed by atoms with Crippen LogP contribution < -0.4 is 5.32 Å². The molecule has 0 spiro atoms. The lowest BCUT2D eigenvalue weighted by atomic mass is 10.2. The van der Waals surface area contributed by atoms with Crippen molar-refractivity contribution in [1.29, 1.82) is 0 Å². The van der Waals surface area contributed by atoms with Crippen LogP contribution in [0.1, 0.15) is 24.8 Å². The highest BCUT2D eigenvalue weighted by molar-refractivity contribution is 7.07. The number of thiophene rings is 1. The maximum absolute atomic E-state index is 3.66. The summed E-state index contributed by atoms with van der Waals surface area (Å²) in [4.78, 5) is 2.66. The predicted molar refractivity (Wildman–Crippen MR) is 64.2 cm³/mol. The van der Waals surface area contributed by atoms with Crippen molar-refractivity contribution in [2.45, 2.75) is 37.9 Å². The maximum atomic E-state index is 3.66. The van der Waals surface area contributed by atoms with Crippen molar-refractivity contribution in [2.24, 2.45) is 0 Å². The summed E-state index contributed by atoms with van der Waals surface area (Å²) in [5, 5.41) is 8.05. The van der Waals surface area contributed by atoms with Crippen molar-refractivity contribution < 1.29 is 0 Å². The van der Waals surface area contributed by atoms with E-state index in [1.54, 1.807) is 11.3 Å². The fraction of sp³-hybridized carbons (Fsp3) is 0.667. The standard InChI is InChI=1S/C12H18N2S/c1-2-12(1)14-5-3-11(8-14)13-7-10-4-6-15-9-10/h4,6,9,11-13H,1-3,5,7-8H2. The second kappa shape index (κ2) is 4.24. The molecule has 1 saturated carbocycles. The molecule has 1 aliphatic heterocycles. The van der Waals surface area contributed by atoms with Crippen LogP contribution in [0.25, 0.3) is 0 Å². The van der Waals surface area contributed by atoms with Gasteiger partial charge in [-0.1, -0.05) is 0 Å². The van der Waals surface area contributed by atoms with Gasteiger partial charge in [0.25, 0.3) is 0 Å². The molecule has 1 N–H and O–H groups in total. The van der Waals surface area contributed by atoms with E-state index in [0.29, 0.717) is 0 Å². The van der Waals surface area contributed by atoms with Gasteiger partial charge in [-0.05, 0) is 41.7 Å². The summed E-state index contributed by atoms with van der Waals surface area (Å²) in [6, 6.07) is 3.88. The van der Waals surface area contributed by atoms with Gasteiger partial charge in [0.15, 0.2) is 0 Å². The summed E-state index contributed by atoms with van der Waals surface area (Å²) in [5.41, 5.74) is 1.44. The van der Waals surface area contributed by atoms with Gasteiger partial charge < -0.3 is 5.32 Å². The molecule has 0 amide bonds. The molecule has 1 unspecified atom stereocenters. The Morgan fingerprint density at radius 1 is 1.40 bits per heavy atom. The monoisotopic (exact) mass is 222 g/mol. The number of hydrogen-bond acceptors (Lipinski definition) is 3. The first kappa shape index (κ1) is 9.82. The van der Waals surface area contributed by atoms with Crippen molar-refractivity contribution in [3.05, 3.63) is 22.4 Å². The average molecular weight is 222 g/mol. The molecule has 0 bridgehead atoms. The summed E-state index contributed by atoms with van der Waals surface area (Å²) in [6.45, 7) is 3.63. The highest BCUT2D eigenvalue weighted by Gasteiger charge is 2.33. The minimum atomic E-state index is 0.727. The van der Waals surface area contributed by atoms with Crippen LogP contribution >= 0.6 is 11.3 Å². The van der Waals surface area contributed by atoms with Gasteiger partial charge in [-0.25, -0.2) is 0 Å². The molecule has 2 aliphatic rings. The van der Waals surface area contributed by atoms with Crippen molar-refractivity contribution in [2.75, 3.05) is 13.1 Å². The zero-order chi connectivity index (χ0) is 10.1. The van der Waals surface area contributed by atoms with Crippen LogP contribution in [-0.2, 0) is 6.54 Å². The molecule has 3 heteroatoms. The molecule has 82 valence electrons. The van der Waals surface area contributed by atoms with E-state index in [-0.39, 0.29) is 0 Å². The lowest BCUT2D eigenvalue weighted by Crippen LogP contribution is -2.32. The molecular formula is C12H18N2S. The van der Waals surface area contributed by atoms with Crippen LogP contribution in [0, 0.1) is 0 Å². The zero-order valence-electron chi connectivity index (χ0n) is 8.98. The molecular weight excluding hydrogens is 204 g/mol. The van der Waals surface area contributed by atoms with Crippen molar-refractivity contribution in [1.82, 2.24) is 10.2 Å². The van der Waals surface area contributed by atoms with E-state index in [2.05, 4.69) is 27.0 Å². The summed E-state index contributed by atoms with van der Waals surface area (Å²) in [6.07, 6.45) is 4.22. The molecule has 1 aliphatic carbocycles. The Hall–Kier alpha value is -0.380. The van der Waals surface area contributed by atoms with Gasteiger partial charge in [0, 0.05) is 31.7 Å². The van der Waals surface area contributed by atoms with Gasteiger partial charge in [0.2, 0.25) is 0 Å². The molecule has 1 aromatic heterocycles. The minimum absolute atomic E-state index is 0.727. The first-order valence-electron chi connectivity index (χ1n) is 5.90. The van der Waals surface area contributed by atoms with Gasteiger partial charge in [-0.15, -0.1) is 0 Å². The normalized spacial score (nSPS) is 27.3. The molecule has 2 fully saturated rings. The van der Waals surface area contributed by atoms with E-state index in [4.69, 9.17) is 0 Å². The minimum Gasteiger partial charge on any atom is -0.309 e. The Morgan fingerprint density at radius 2 is 2.33 bits per heavy atom. The molecule has 0 aromatic carbocycles. The predicted octanol–water partition coefficient (Wildman–Crippen LogP) is 2.07. The number of nitrogens with zero attached hydrogens (tertiary/aromatic N) is 1. The molecule has 1 atom stereocenters. The van der Waals surface area contributed by atoms with Crippen LogP contribution in [0.2, 0.25) is 0 Å². The van der Waals surface area contributed by atoms with Gasteiger partial charge in [-0.3, -0.25) is 4.90 Å². The molecule has 2 nitrogen and oxygen atoms in total. The summed E-state index contributed by atoms with van der Waals surface area (Å²) in [5.74, 6) is 0. The third-order valence-electron chi connectivity index (χ3n) is 3.46. The van der Waals surface area contributed by atoms with Crippen molar-refractivity contribution >= 4 is 11.3 Å². The first-order chi connectivity index (χ1) is 7.42. The molecule has 3 rings (SSSR count). The topological polar surface area (TPSA) is 15.3 Å². The van der Waals surface area contributed by atoms with Crippen molar-refractivity contribution in [3.8, 4) is 0 Å². The molecule has 1 saturated heterocycles. The van der Waals surface area contributed by atoms with Gasteiger partial charge in [-0.2, -0.15) is 11.3 Å². The second-order valence-corrected chi connectivity index (χ2v) is 5.50. The molecule has 15 heavy (non-hydrogen) atoms. The van der Waals surface area contributed by atoms with E-state index in [1.165, 1.54) is 37.9 Å². The smallest absolute Gasteiger partial charge is 0.0216 e. The van der Waals surface area contributed by atoms with Crippen LogP contribution in [0.15, 0.2) is 16.8 Å². The van der Waals surface area contributed by atoms with Gasteiger partial charge in [0.05, 0.1) is 0 Å². The lowest BCUT2D eigenvalue weighted by Gasteiger charge is -2.15. The Morgan fingerprint density at radius 3 is 3.07 bits per heavy atom.